The first-order valence-corrected chi connectivity index (χ1v) is 11.3. The number of fused-ring (bicyclic) bond motifs is 2. The molecule has 34 heavy (non-hydrogen) atoms. The summed E-state index contributed by atoms with van der Waals surface area (Å²) in [6.07, 6.45) is 0. The van der Waals surface area contributed by atoms with Crippen LogP contribution in [0.15, 0.2) is 45.3 Å². The lowest BCUT2D eigenvalue weighted by atomic mass is 10.1. The van der Waals surface area contributed by atoms with E-state index in [1.54, 1.807) is 4.90 Å². The van der Waals surface area contributed by atoms with Gasteiger partial charge in [-0.2, -0.15) is 4.98 Å². The van der Waals surface area contributed by atoms with Gasteiger partial charge in [0.15, 0.2) is 17.3 Å². The first-order valence-electron chi connectivity index (χ1n) is 11.3. The van der Waals surface area contributed by atoms with Crippen molar-refractivity contribution in [3.05, 3.63) is 59.0 Å². The average Bonchev–Trinajstić information content (AvgIpc) is 3.59. The first-order chi connectivity index (χ1) is 16.6. The lowest BCUT2D eigenvalue weighted by Crippen LogP contribution is -2.48. The molecule has 0 unspecified atom stereocenters. The Kier molecular flexibility index (Phi) is 4.99. The third-order valence-electron chi connectivity index (χ3n) is 6.48. The fourth-order valence-electron chi connectivity index (χ4n) is 4.54. The maximum absolute atomic E-state index is 13.0. The van der Waals surface area contributed by atoms with Crippen LogP contribution in [0, 0.1) is 13.8 Å². The summed E-state index contributed by atoms with van der Waals surface area (Å²) >= 11 is 0. The molecule has 9 heteroatoms. The fraction of sp³-hybridized carbons (Fsp3) is 0.320. The van der Waals surface area contributed by atoms with E-state index in [0.29, 0.717) is 18.8 Å². The van der Waals surface area contributed by atoms with Crippen LogP contribution in [0.25, 0.3) is 22.6 Å². The summed E-state index contributed by atoms with van der Waals surface area (Å²) in [6, 6.07) is 12.0. The molecule has 2 aromatic heterocycles. The molecule has 2 aliphatic heterocycles. The molecule has 0 aliphatic carbocycles. The molecule has 0 radical (unpaired) electrons. The lowest BCUT2D eigenvalue weighted by molar-refractivity contribution is 0.0581. The van der Waals surface area contributed by atoms with Gasteiger partial charge < -0.3 is 23.3 Å². The van der Waals surface area contributed by atoms with Crippen LogP contribution in [0.4, 0.5) is 0 Å². The molecule has 0 spiro atoms. The summed E-state index contributed by atoms with van der Waals surface area (Å²) in [4.78, 5) is 21.4. The molecule has 0 atom stereocenters. The summed E-state index contributed by atoms with van der Waals surface area (Å²) in [5, 5.41) is 5.03. The predicted octanol–water partition coefficient (Wildman–Crippen LogP) is 3.79. The molecule has 0 saturated carbocycles. The number of ether oxygens (including phenoxy) is 2. The van der Waals surface area contributed by atoms with E-state index in [1.165, 1.54) is 0 Å². The van der Waals surface area contributed by atoms with Crippen LogP contribution in [0.5, 0.6) is 11.5 Å². The largest absolute Gasteiger partial charge is 0.454 e. The average molecular weight is 460 g/mol. The van der Waals surface area contributed by atoms with Gasteiger partial charge in [-0.15, -0.1) is 0 Å². The Balaban J connectivity index is 1.12. The van der Waals surface area contributed by atoms with Gasteiger partial charge >= 0.3 is 11.8 Å². The molecule has 1 saturated heterocycles. The van der Waals surface area contributed by atoms with Gasteiger partial charge in [-0.3, -0.25) is 9.69 Å². The minimum Gasteiger partial charge on any atom is -0.454 e. The number of carbonyl (C=O) groups excluding carboxylic acids is 1. The molecule has 0 N–H and O–H groups in total. The quantitative estimate of drug-likeness (QED) is 0.454. The van der Waals surface area contributed by atoms with Crippen molar-refractivity contribution in [3.63, 3.8) is 0 Å². The van der Waals surface area contributed by atoms with Gasteiger partial charge in [-0.1, -0.05) is 29.4 Å². The number of amides is 1. The number of hydrogen-bond donors (Lipinski definition) is 0. The fourth-order valence-corrected chi connectivity index (χ4v) is 4.54. The van der Waals surface area contributed by atoms with E-state index in [4.69, 9.17) is 18.4 Å². The van der Waals surface area contributed by atoms with E-state index < -0.39 is 0 Å². The number of hydrogen-bond acceptors (Lipinski definition) is 8. The molecule has 2 aromatic carbocycles. The number of aromatic nitrogens is 2. The number of aryl methyl sites for hydroxylation is 2. The number of piperazine rings is 1. The number of carbonyl (C=O) groups is 1. The minimum atomic E-state index is -0.258. The van der Waals surface area contributed by atoms with Gasteiger partial charge in [0.1, 0.15) is 5.58 Å². The Morgan fingerprint density at radius 2 is 1.85 bits per heavy atom. The van der Waals surface area contributed by atoms with Crippen LogP contribution < -0.4 is 9.47 Å². The zero-order chi connectivity index (χ0) is 23.2. The molecule has 1 amide bonds. The van der Waals surface area contributed by atoms with Gasteiger partial charge in [-0.25, -0.2) is 0 Å². The lowest BCUT2D eigenvalue weighted by Gasteiger charge is -2.34. The van der Waals surface area contributed by atoms with Crippen molar-refractivity contribution >= 4 is 16.9 Å². The Morgan fingerprint density at radius 1 is 1.03 bits per heavy atom. The Hall–Kier alpha value is -3.85. The summed E-state index contributed by atoms with van der Waals surface area (Å²) in [5.41, 5.74) is 3.91. The first kappa shape index (κ1) is 20.7. The molecule has 174 valence electrons. The van der Waals surface area contributed by atoms with Crippen LogP contribution in [-0.2, 0) is 6.54 Å². The highest BCUT2D eigenvalue weighted by Crippen LogP contribution is 2.34. The molecule has 4 aromatic rings. The number of benzene rings is 2. The van der Waals surface area contributed by atoms with Crippen molar-refractivity contribution in [2.24, 2.45) is 0 Å². The zero-order valence-corrected chi connectivity index (χ0v) is 19.0. The number of para-hydroxylation sites is 1. The standard InChI is InChI=1S/C25H24N4O5/c1-15-4-3-5-18-16(2)22(33-21(15)18)23-26-24(34-27-23)25(30)29-10-8-28(9-11-29)13-17-6-7-19-20(12-17)32-14-31-19/h3-7,12H,8-11,13-14H2,1-2H3. The second-order valence-electron chi connectivity index (χ2n) is 8.69. The van der Waals surface area contributed by atoms with Crippen LogP contribution in [-0.4, -0.2) is 58.8 Å². The Morgan fingerprint density at radius 3 is 2.68 bits per heavy atom. The molecule has 4 heterocycles. The van der Waals surface area contributed by atoms with Gasteiger partial charge in [0.25, 0.3) is 0 Å². The van der Waals surface area contributed by atoms with Crippen LogP contribution in [0.2, 0.25) is 0 Å². The van der Waals surface area contributed by atoms with Gasteiger partial charge in [0, 0.05) is 43.7 Å². The Labute approximate surface area is 195 Å². The maximum Gasteiger partial charge on any atom is 0.316 e. The highest BCUT2D eigenvalue weighted by molar-refractivity contribution is 5.91. The second kappa shape index (κ2) is 8.18. The summed E-state index contributed by atoms with van der Waals surface area (Å²) in [5.74, 6) is 2.11. The van der Waals surface area contributed by atoms with Crippen LogP contribution in [0.3, 0.4) is 0 Å². The van der Waals surface area contributed by atoms with Crippen molar-refractivity contribution < 1.29 is 23.2 Å². The zero-order valence-electron chi connectivity index (χ0n) is 19.0. The van der Waals surface area contributed by atoms with Crippen molar-refractivity contribution in [3.8, 4) is 23.1 Å². The van der Waals surface area contributed by atoms with Crippen molar-refractivity contribution in [2.75, 3.05) is 33.0 Å². The third kappa shape index (κ3) is 3.58. The monoisotopic (exact) mass is 460 g/mol. The highest BCUT2D eigenvalue weighted by atomic mass is 16.7. The summed E-state index contributed by atoms with van der Waals surface area (Å²) in [7, 11) is 0. The highest BCUT2D eigenvalue weighted by Gasteiger charge is 2.28. The summed E-state index contributed by atoms with van der Waals surface area (Å²) < 4.78 is 22.2. The SMILES string of the molecule is Cc1c(-c2noc(C(=O)N3CCN(Cc4ccc5c(c4)OCO5)CC3)n2)oc2c(C)cccc12. The van der Waals surface area contributed by atoms with Gasteiger partial charge in [0.05, 0.1) is 0 Å². The van der Waals surface area contributed by atoms with Crippen molar-refractivity contribution in [2.45, 2.75) is 20.4 Å². The predicted molar refractivity (Wildman–Crippen MR) is 123 cm³/mol. The van der Waals surface area contributed by atoms with E-state index in [0.717, 1.165) is 58.8 Å². The topological polar surface area (TPSA) is 94.1 Å². The molecule has 6 rings (SSSR count). The molecule has 2 aliphatic rings. The maximum atomic E-state index is 13.0. The minimum absolute atomic E-state index is 0.0178. The molecule has 0 bridgehead atoms. The van der Waals surface area contributed by atoms with E-state index >= 15 is 0 Å². The van der Waals surface area contributed by atoms with E-state index in [-0.39, 0.29) is 24.4 Å². The molecular formula is C25H24N4O5. The van der Waals surface area contributed by atoms with Crippen LogP contribution in [0.1, 0.15) is 27.4 Å². The smallest absolute Gasteiger partial charge is 0.316 e. The second-order valence-corrected chi connectivity index (χ2v) is 8.69. The van der Waals surface area contributed by atoms with Gasteiger partial charge in [-0.05, 0) is 37.1 Å². The normalized spacial score (nSPS) is 15.9. The molecule has 9 nitrogen and oxygen atoms in total. The van der Waals surface area contributed by atoms with E-state index in [9.17, 15) is 4.79 Å². The Bertz CT molecular complexity index is 1380. The van der Waals surface area contributed by atoms with Crippen molar-refractivity contribution in [1.29, 1.82) is 0 Å². The third-order valence-corrected chi connectivity index (χ3v) is 6.48. The van der Waals surface area contributed by atoms with Crippen molar-refractivity contribution in [1.82, 2.24) is 19.9 Å². The van der Waals surface area contributed by atoms with Crippen LogP contribution >= 0.6 is 0 Å². The number of nitrogens with zero attached hydrogens (tertiary/aromatic N) is 4. The van der Waals surface area contributed by atoms with E-state index in [1.807, 2.05) is 50.2 Å². The molecule has 1 fully saturated rings. The summed E-state index contributed by atoms with van der Waals surface area (Å²) in [6.45, 7) is 7.69. The molecular weight excluding hydrogens is 436 g/mol. The van der Waals surface area contributed by atoms with Gasteiger partial charge in [0.2, 0.25) is 12.6 Å². The number of rotatable bonds is 4. The van der Waals surface area contributed by atoms with E-state index in [2.05, 4.69) is 15.0 Å². The number of furan rings is 1.